The molecule has 11 amide bonds. The summed E-state index contributed by atoms with van der Waals surface area (Å²) in [5, 5.41) is 35.9. The van der Waals surface area contributed by atoms with Crippen LogP contribution in [-0.2, 0) is 57.5 Å². The zero-order valence-corrected chi connectivity index (χ0v) is 57.8. The summed E-state index contributed by atoms with van der Waals surface area (Å²) >= 11 is 0. The lowest BCUT2D eigenvalue weighted by Crippen LogP contribution is -2.62. The number of fused-ring (bicyclic) bond motifs is 6. The lowest BCUT2D eigenvalue weighted by Gasteiger charge is -2.33. The summed E-state index contributed by atoms with van der Waals surface area (Å²) in [6.45, 7) is 15.0. The second-order valence-electron chi connectivity index (χ2n) is 27.9. The molecule has 0 saturated carbocycles. The van der Waals surface area contributed by atoms with Crippen molar-refractivity contribution in [1.82, 2.24) is 57.7 Å². The molecule has 8 rings (SSSR count). The molecule has 0 radical (unpaired) electrons. The number of nitrogens with zero attached hydrogens (tertiary/aromatic N) is 2. The van der Waals surface area contributed by atoms with Gasteiger partial charge in [-0.15, -0.1) is 0 Å². The van der Waals surface area contributed by atoms with Crippen LogP contribution in [0.15, 0.2) is 97.1 Å². The lowest BCUT2D eigenvalue weighted by molar-refractivity contribution is -0.145. The van der Waals surface area contributed by atoms with E-state index in [1.807, 2.05) is 125 Å². The Labute approximate surface area is 578 Å². The van der Waals surface area contributed by atoms with Crippen LogP contribution in [0.5, 0.6) is 0 Å². The first kappa shape index (κ1) is 75.3. The molecular formula is C74H98N12O13. The van der Waals surface area contributed by atoms with Crippen LogP contribution >= 0.6 is 0 Å². The van der Waals surface area contributed by atoms with E-state index in [2.05, 4.69) is 47.9 Å². The summed E-state index contributed by atoms with van der Waals surface area (Å²) in [5.41, 5.74) is 12.4. The third-order valence-corrected chi connectivity index (χ3v) is 19.2. The van der Waals surface area contributed by atoms with E-state index in [4.69, 9.17) is 5.73 Å². The summed E-state index contributed by atoms with van der Waals surface area (Å²) < 4.78 is 0. The SMILES string of the molecule is CC(C)C[C@H](NC(=O)[C@H](CCCNC=O)NC(=O)[C@@H](NC(=O)[C@@H](NC(=O)[C@H]1CCCN1C(=O)[C@H](CC(C)C)NC(=O)[C@H](CCCNC=O)NC(=O)[C@@H](N)C(C)C)C1c2ccccc2-c2ccccc21)C(C)C)C(=O)N1CCC[C@@H]1C(=O)N[C@H](C(=O)O)C1c2ccccc2-c2ccccc21. The van der Waals surface area contributed by atoms with Crippen molar-refractivity contribution in [2.75, 3.05) is 26.2 Å². The molecule has 0 bridgehead atoms. The minimum absolute atomic E-state index is 0.0461. The van der Waals surface area contributed by atoms with E-state index in [1.165, 1.54) is 9.80 Å². The third kappa shape index (κ3) is 18.2. The van der Waals surface area contributed by atoms with Crippen molar-refractivity contribution in [2.24, 2.45) is 29.4 Å². The van der Waals surface area contributed by atoms with Crippen molar-refractivity contribution < 1.29 is 62.6 Å². The number of hydrogen-bond acceptors (Lipinski definition) is 13. The normalized spacial score (nSPS) is 17.9. The maximum atomic E-state index is 15.5. The van der Waals surface area contributed by atoms with Gasteiger partial charge in [0.05, 0.1) is 6.04 Å². The molecule has 10 atom stereocenters. The van der Waals surface area contributed by atoms with Gasteiger partial charge < -0.3 is 68.5 Å². The minimum atomic E-state index is -1.42. The summed E-state index contributed by atoms with van der Waals surface area (Å²) in [7, 11) is 0. The Morgan fingerprint density at radius 2 is 0.828 bits per heavy atom. The smallest absolute Gasteiger partial charge is 0.327 e. The Hall–Kier alpha value is -9.52. The number of carbonyl (C=O) groups excluding carboxylic acids is 11. The van der Waals surface area contributed by atoms with Gasteiger partial charge >= 0.3 is 5.97 Å². The number of hydrogen-bond donors (Lipinski definition) is 11. The van der Waals surface area contributed by atoms with Gasteiger partial charge in [-0.2, -0.15) is 0 Å². The minimum Gasteiger partial charge on any atom is -0.480 e. The van der Waals surface area contributed by atoms with Crippen LogP contribution in [0, 0.1) is 23.7 Å². The first-order valence-corrected chi connectivity index (χ1v) is 34.8. The lowest BCUT2D eigenvalue weighted by atomic mass is 9.88. The van der Waals surface area contributed by atoms with Crippen LogP contribution in [0.1, 0.15) is 154 Å². The molecule has 2 saturated heterocycles. The molecule has 0 spiro atoms. The van der Waals surface area contributed by atoms with Crippen molar-refractivity contribution in [3.8, 4) is 22.3 Å². The Kier molecular flexibility index (Phi) is 26.5. The molecule has 25 nitrogen and oxygen atoms in total. The third-order valence-electron chi connectivity index (χ3n) is 19.2. The van der Waals surface area contributed by atoms with E-state index in [0.29, 0.717) is 43.2 Å². The molecule has 25 heteroatoms. The first-order valence-electron chi connectivity index (χ1n) is 34.8. The first-order chi connectivity index (χ1) is 47.4. The van der Waals surface area contributed by atoms with E-state index in [9.17, 15) is 48.3 Å². The standard InChI is InChI=1S/C74H98N12O13/c1-41(2)37-55(80-65(89)53(29-17-33-76-39-87)78-69(93)61(75)43(5)6)72(96)85-35-19-31-57(85)67(91)83-63(59-49-25-13-9-21-45(49)46-22-10-14-26-50(46)59)71(95)82-62(44(7)8)70(94)79-54(30-18-34-77-40-88)66(90)81-56(38-42(3)4)73(97)86-36-20-32-58(86)68(92)84-64(74(98)99)60-51-27-15-11-23-47(51)48-24-12-16-28-52(48)60/h9-16,21-28,39-44,53-64H,17-20,29-38,75H2,1-8H3,(H,76,87)(H,77,88)(H,78,93)(H,79,94)(H,80,89)(H,81,90)(H,82,95)(H,83,91)(H,84,92)(H,98,99)/t53-,54-,55-,56-,57+,58+,61-,62-,63-,64-/m0/s1. The Morgan fingerprint density at radius 1 is 0.465 bits per heavy atom. The molecular weight excluding hydrogens is 1260 g/mol. The van der Waals surface area contributed by atoms with Crippen molar-refractivity contribution >= 4 is 72.0 Å². The number of carboxylic acids is 1. The number of carboxylic acid groups (broad SMARTS) is 1. The fraction of sp³-hybridized carbons (Fsp3) is 0.514. The molecule has 2 heterocycles. The fourth-order valence-electron chi connectivity index (χ4n) is 14.2. The topological polar surface area (TPSA) is 366 Å². The van der Waals surface area contributed by atoms with Gasteiger partial charge in [0.15, 0.2) is 0 Å². The van der Waals surface area contributed by atoms with Gasteiger partial charge in [0.25, 0.3) is 0 Å². The number of nitrogens with one attached hydrogen (secondary N) is 9. The number of carbonyl (C=O) groups is 12. The maximum Gasteiger partial charge on any atom is 0.327 e. The van der Waals surface area contributed by atoms with Gasteiger partial charge in [0.2, 0.25) is 66.0 Å². The zero-order valence-electron chi connectivity index (χ0n) is 57.8. The van der Waals surface area contributed by atoms with Crippen molar-refractivity contribution in [1.29, 1.82) is 0 Å². The number of aliphatic carboxylic acids is 1. The molecule has 99 heavy (non-hydrogen) atoms. The van der Waals surface area contributed by atoms with E-state index < -0.39 is 137 Å². The van der Waals surface area contributed by atoms with Crippen molar-refractivity contribution in [3.05, 3.63) is 119 Å². The average Bonchev–Trinajstić information content (AvgIpc) is 1.61. The molecule has 12 N–H and O–H groups in total. The Balaban J connectivity index is 1.02. The fourth-order valence-corrected chi connectivity index (χ4v) is 14.2. The van der Waals surface area contributed by atoms with Crippen LogP contribution in [0.3, 0.4) is 0 Å². The highest BCUT2D eigenvalue weighted by molar-refractivity contribution is 6.00. The Bertz CT molecular complexity index is 3510. The molecule has 2 aliphatic carbocycles. The van der Waals surface area contributed by atoms with Gasteiger partial charge in [-0.3, -0.25) is 52.7 Å². The summed E-state index contributed by atoms with van der Waals surface area (Å²) in [4.78, 5) is 171. The highest BCUT2D eigenvalue weighted by Crippen LogP contribution is 2.48. The summed E-state index contributed by atoms with van der Waals surface area (Å²) in [5.74, 6) is -10.0. The largest absolute Gasteiger partial charge is 0.480 e. The Morgan fingerprint density at radius 3 is 1.19 bits per heavy atom. The highest BCUT2D eigenvalue weighted by Gasteiger charge is 2.47. The molecule has 4 aromatic carbocycles. The predicted octanol–water partition coefficient (Wildman–Crippen LogP) is 3.86. The average molecular weight is 1360 g/mol. The molecule has 532 valence electrons. The number of benzene rings is 4. The van der Waals surface area contributed by atoms with Crippen molar-refractivity contribution in [3.63, 3.8) is 0 Å². The summed E-state index contributed by atoms with van der Waals surface area (Å²) in [6, 6.07) is 17.6. The van der Waals surface area contributed by atoms with Gasteiger partial charge in [-0.05, 0) is 132 Å². The number of rotatable bonds is 35. The van der Waals surface area contributed by atoms with E-state index >= 15 is 14.4 Å². The van der Waals surface area contributed by atoms with E-state index in [0.717, 1.165) is 33.4 Å². The molecule has 4 aliphatic rings. The zero-order chi connectivity index (χ0) is 71.8. The van der Waals surface area contributed by atoms with Crippen LogP contribution < -0.4 is 53.6 Å². The van der Waals surface area contributed by atoms with Crippen LogP contribution in [-0.4, -0.2) is 173 Å². The maximum absolute atomic E-state index is 15.5. The van der Waals surface area contributed by atoms with Crippen LogP contribution in [0.4, 0.5) is 0 Å². The van der Waals surface area contributed by atoms with Gasteiger partial charge in [-0.1, -0.05) is 152 Å². The monoisotopic (exact) mass is 1360 g/mol. The molecule has 2 aliphatic heterocycles. The number of nitrogens with two attached hydrogens (primary N) is 1. The van der Waals surface area contributed by atoms with Gasteiger partial charge in [0.1, 0.15) is 54.4 Å². The molecule has 2 fully saturated rings. The second-order valence-corrected chi connectivity index (χ2v) is 27.9. The highest BCUT2D eigenvalue weighted by atomic mass is 16.4. The van der Waals surface area contributed by atoms with Crippen LogP contribution in [0.25, 0.3) is 22.3 Å². The quantitative estimate of drug-likeness (QED) is 0.0230. The van der Waals surface area contributed by atoms with Crippen LogP contribution in [0.2, 0.25) is 0 Å². The summed E-state index contributed by atoms with van der Waals surface area (Å²) in [6.07, 6.45) is 3.07. The van der Waals surface area contributed by atoms with Gasteiger partial charge in [-0.25, -0.2) is 4.79 Å². The predicted molar refractivity (Wildman–Crippen MR) is 371 cm³/mol. The number of likely N-dealkylation sites (tertiary alicyclic amines) is 2. The van der Waals surface area contributed by atoms with E-state index in [-0.39, 0.29) is 88.9 Å². The number of amides is 11. The molecule has 4 aromatic rings. The van der Waals surface area contributed by atoms with E-state index in [1.54, 1.807) is 27.7 Å². The molecule has 0 aromatic heterocycles. The van der Waals surface area contributed by atoms with Gasteiger partial charge in [0, 0.05) is 38.0 Å². The second kappa shape index (κ2) is 34.8. The molecule has 0 unspecified atom stereocenters. The van der Waals surface area contributed by atoms with Crippen molar-refractivity contribution in [2.45, 2.75) is 192 Å².